The quantitative estimate of drug-likeness (QED) is 0.200. The van der Waals surface area contributed by atoms with Crippen LogP contribution in [0.25, 0.3) is 0 Å². The van der Waals surface area contributed by atoms with Crippen LogP contribution in [0.15, 0.2) is 58.8 Å². The fourth-order valence-electron chi connectivity index (χ4n) is 1.55. The zero-order valence-electron chi connectivity index (χ0n) is 12.8. The molecule has 1 aromatic carbocycles. The summed E-state index contributed by atoms with van der Waals surface area (Å²) in [6.45, 7) is 0. The van der Waals surface area contributed by atoms with Crippen LogP contribution in [-0.4, -0.2) is 23.3 Å². The molecular weight excluding hydrogens is 387 g/mol. The first-order valence-electron chi connectivity index (χ1n) is 6.51. The Kier molecular flexibility index (Phi) is 9.95. The molecule has 0 aliphatic heterocycles. The second-order valence-electron chi connectivity index (χ2n) is 4.38. The Hall–Kier alpha value is -2.55. The lowest BCUT2D eigenvalue weighted by atomic mass is 10.1. The van der Waals surface area contributed by atoms with Gasteiger partial charge < -0.3 is 11.1 Å². The number of hydrogen-bond acceptors (Lipinski definition) is 4. The highest BCUT2D eigenvalue weighted by Gasteiger charge is 2.01. The monoisotopic (exact) mass is 402 g/mol. The van der Waals surface area contributed by atoms with Gasteiger partial charge in [-0.25, -0.2) is 10.9 Å². The fraction of sp³-hybridized carbons (Fsp3) is 0. The van der Waals surface area contributed by atoms with Gasteiger partial charge in [0.25, 0.3) is 0 Å². The molecule has 2 rings (SSSR count). The SMILES string of the molecule is Cl.Cl.N=C(N)NN=C1C=CC(=NNC(=N)Nc2ccc(Cl)cc2)C=C1. The molecule has 0 bridgehead atoms. The van der Waals surface area contributed by atoms with E-state index in [1.165, 1.54) is 0 Å². The van der Waals surface area contributed by atoms with Crippen molar-refractivity contribution in [3.8, 4) is 0 Å². The lowest BCUT2D eigenvalue weighted by Gasteiger charge is -2.08. The Labute approximate surface area is 162 Å². The second-order valence-corrected chi connectivity index (χ2v) is 4.82. The van der Waals surface area contributed by atoms with E-state index < -0.39 is 0 Å². The average Bonchev–Trinajstić information content (AvgIpc) is 2.54. The molecule has 0 saturated carbocycles. The second kappa shape index (κ2) is 11.1. The third-order valence-electron chi connectivity index (χ3n) is 2.57. The predicted molar refractivity (Wildman–Crippen MR) is 109 cm³/mol. The van der Waals surface area contributed by atoms with E-state index in [4.69, 9.17) is 28.2 Å². The van der Waals surface area contributed by atoms with E-state index in [0.29, 0.717) is 16.4 Å². The van der Waals surface area contributed by atoms with Crippen molar-refractivity contribution in [1.82, 2.24) is 10.9 Å². The van der Waals surface area contributed by atoms with Crippen molar-refractivity contribution in [3.63, 3.8) is 0 Å². The molecule has 0 aromatic heterocycles. The Morgan fingerprint density at radius 3 is 1.84 bits per heavy atom. The van der Waals surface area contributed by atoms with Crippen molar-refractivity contribution in [2.75, 3.05) is 5.32 Å². The zero-order chi connectivity index (χ0) is 16.7. The van der Waals surface area contributed by atoms with E-state index in [9.17, 15) is 0 Å². The van der Waals surface area contributed by atoms with Gasteiger partial charge in [-0.3, -0.25) is 10.8 Å². The number of benzene rings is 1. The number of nitrogens with two attached hydrogens (primary N) is 1. The molecule has 134 valence electrons. The van der Waals surface area contributed by atoms with Crippen molar-refractivity contribution in [3.05, 3.63) is 53.6 Å². The van der Waals surface area contributed by atoms with Crippen molar-refractivity contribution < 1.29 is 0 Å². The van der Waals surface area contributed by atoms with E-state index in [1.54, 1.807) is 48.6 Å². The smallest absolute Gasteiger partial charge is 0.213 e. The number of rotatable bonds is 3. The van der Waals surface area contributed by atoms with Gasteiger partial charge in [0, 0.05) is 10.7 Å². The maximum absolute atomic E-state index is 7.77. The van der Waals surface area contributed by atoms with Crippen LogP contribution in [-0.2, 0) is 0 Å². The zero-order valence-corrected chi connectivity index (χ0v) is 15.2. The summed E-state index contributed by atoms with van der Waals surface area (Å²) in [6.07, 6.45) is 6.83. The third kappa shape index (κ3) is 8.20. The van der Waals surface area contributed by atoms with Crippen molar-refractivity contribution >= 4 is 65.4 Å². The number of nitrogens with one attached hydrogen (secondary N) is 5. The molecule has 0 fully saturated rings. The van der Waals surface area contributed by atoms with Crippen molar-refractivity contribution in [2.45, 2.75) is 0 Å². The summed E-state index contributed by atoms with van der Waals surface area (Å²) >= 11 is 5.80. The molecule has 1 aromatic rings. The van der Waals surface area contributed by atoms with Gasteiger partial charge in [-0.05, 0) is 48.6 Å². The molecule has 0 saturated heterocycles. The summed E-state index contributed by atoms with van der Waals surface area (Å²) in [4.78, 5) is 0. The minimum Gasteiger partial charge on any atom is -0.369 e. The number of allylic oxidation sites excluding steroid dienone is 4. The van der Waals surface area contributed by atoms with E-state index in [2.05, 4.69) is 26.4 Å². The number of anilines is 1. The third-order valence-corrected chi connectivity index (χ3v) is 2.82. The van der Waals surface area contributed by atoms with Crippen molar-refractivity contribution in [1.29, 1.82) is 10.8 Å². The fourth-order valence-corrected chi connectivity index (χ4v) is 1.68. The molecule has 0 heterocycles. The first kappa shape index (κ1) is 22.5. The number of guanidine groups is 2. The van der Waals surface area contributed by atoms with Crippen LogP contribution < -0.4 is 21.9 Å². The first-order valence-corrected chi connectivity index (χ1v) is 6.89. The molecule has 0 radical (unpaired) electrons. The summed E-state index contributed by atoms with van der Waals surface area (Å²) < 4.78 is 0. The summed E-state index contributed by atoms with van der Waals surface area (Å²) in [6, 6.07) is 6.98. The van der Waals surface area contributed by atoms with Crippen LogP contribution in [0.3, 0.4) is 0 Å². The molecule has 0 unspecified atom stereocenters. The van der Waals surface area contributed by atoms with E-state index in [-0.39, 0.29) is 36.7 Å². The van der Waals surface area contributed by atoms with Gasteiger partial charge in [-0.15, -0.1) is 24.8 Å². The van der Waals surface area contributed by atoms with Crippen LogP contribution in [0, 0.1) is 10.8 Å². The topological polar surface area (TPSA) is 135 Å². The lowest BCUT2D eigenvalue weighted by Crippen LogP contribution is -2.27. The minimum atomic E-state index is -0.234. The number of nitrogens with zero attached hydrogens (tertiary/aromatic N) is 2. The summed E-state index contributed by atoms with van der Waals surface area (Å²) in [7, 11) is 0. The summed E-state index contributed by atoms with van der Waals surface area (Å²) in [5, 5.41) is 26.2. The van der Waals surface area contributed by atoms with E-state index in [0.717, 1.165) is 5.69 Å². The predicted octanol–water partition coefficient (Wildman–Crippen LogP) is 2.44. The molecule has 25 heavy (non-hydrogen) atoms. The van der Waals surface area contributed by atoms with Gasteiger partial charge in [0.15, 0.2) is 0 Å². The number of hydrogen-bond donors (Lipinski definition) is 6. The number of halogens is 3. The van der Waals surface area contributed by atoms with Gasteiger partial charge in [0.05, 0.1) is 11.4 Å². The standard InChI is InChI=1S/C14H15ClN8.2ClH/c15-9-1-3-10(4-2-9)19-14(18)23-21-12-7-5-11(6-8-12)20-22-13(16)17;;/h1-8H,(H4,16,17,22)(H3,18,19,23);2*1H. The van der Waals surface area contributed by atoms with Gasteiger partial charge in [0.2, 0.25) is 11.9 Å². The molecule has 11 heteroatoms. The molecule has 8 nitrogen and oxygen atoms in total. The summed E-state index contributed by atoms with van der Waals surface area (Å²) in [5.41, 5.74) is 12.0. The van der Waals surface area contributed by atoms with Crippen LogP contribution in [0.2, 0.25) is 5.02 Å². The van der Waals surface area contributed by atoms with Gasteiger partial charge >= 0.3 is 0 Å². The molecule has 7 N–H and O–H groups in total. The normalized spacial score (nSPS) is 11.6. The molecule has 0 atom stereocenters. The first-order chi connectivity index (χ1) is 11.0. The molecule has 1 aliphatic rings. The molecular formula is C14H17Cl3N8. The lowest BCUT2D eigenvalue weighted by molar-refractivity contribution is 0.996. The van der Waals surface area contributed by atoms with Gasteiger partial charge in [-0.2, -0.15) is 10.2 Å². The Bertz CT molecular complexity index is 704. The van der Waals surface area contributed by atoms with Gasteiger partial charge in [0.1, 0.15) is 0 Å². The Morgan fingerprint density at radius 1 is 0.880 bits per heavy atom. The number of hydrazone groups is 2. The maximum atomic E-state index is 7.77. The Morgan fingerprint density at radius 2 is 1.36 bits per heavy atom. The van der Waals surface area contributed by atoms with Crippen LogP contribution in [0.5, 0.6) is 0 Å². The summed E-state index contributed by atoms with van der Waals surface area (Å²) in [5.74, 6) is -0.207. The Balaban J connectivity index is 0.00000288. The van der Waals surface area contributed by atoms with Crippen LogP contribution in [0.4, 0.5) is 5.69 Å². The van der Waals surface area contributed by atoms with E-state index in [1.807, 2.05) is 0 Å². The highest BCUT2D eigenvalue weighted by Crippen LogP contribution is 2.12. The van der Waals surface area contributed by atoms with E-state index >= 15 is 0 Å². The molecule has 0 amide bonds. The average molecular weight is 404 g/mol. The molecule has 0 spiro atoms. The minimum absolute atomic E-state index is 0. The van der Waals surface area contributed by atoms with Gasteiger partial charge in [-0.1, -0.05) is 11.6 Å². The van der Waals surface area contributed by atoms with Crippen LogP contribution >= 0.6 is 36.4 Å². The molecule has 1 aliphatic carbocycles. The highest BCUT2D eigenvalue weighted by molar-refractivity contribution is 6.30. The maximum Gasteiger partial charge on any atom is 0.213 e. The van der Waals surface area contributed by atoms with Crippen LogP contribution in [0.1, 0.15) is 0 Å². The largest absolute Gasteiger partial charge is 0.369 e. The highest BCUT2D eigenvalue weighted by atomic mass is 35.5. The van der Waals surface area contributed by atoms with Crippen molar-refractivity contribution in [2.24, 2.45) is 15.9 Å².